The lowest BCUT2D eigenvalue weighted by molar-refractivity contribution is 0.181. The summed E-state index contributed by atoms with van der Waals surface area (Å²) < 4.78 is 0. The van der Waals surface area contributed by atoms with Gasteiger partial charge in [-0.15, -0.1) is 0 Å². The molecule has 2 N–H and O–H groups in total. The van der Waals surface area contributed by atoms with Crippen molar-refractivity contribution >= 4 is 0 Å². The van der Waals surface area contributed by atoms with Crippen LogP contribution < -0.4 is 0 Å². The first-order chi connectivity index (χ1) is 9.06. The molecule has 19 heavy (non-hydrogen) atoms. The van der Waals surface area contributed by atoms with E-state index in [1.54, 1.807) is 0 Å². The van der Waals surface area contributed by atoms with Crippen molar-refractivity contribution in [3.8, 4) is 0 Å². The minimum Gasteiger partial charge on any atom is -0.396 e. The van der Waals surface area contributed by atoms with Gasteiger partial charge in [0.1, 0.15) is 0 Å². The largest absolute Gasteiger partial charge is 0.396 e. The lowest BCUT2D eigenvalue weighted by Gasteiger charge is -2.10. The van der Waals surface area contributed by atoms with Crippen LogP contribution in [0.2, 0.25) is 0 Å². The molecule has 0 fully saturated rings. The summed E-state index contributed by atoms with van der Waals surface area (Å²) in [6.07, 6.45) is 12.4. The number of hydrogen-bond acceptors (Lipinski definition) is 2. The Morgan fingerprint density at radius 2 is 1.74 bits per heavy atom. The van der Waals surface area contributed by atoms with Gasteiger partial charge in [-0.1, -0.05) is 37.8 Å². The fraction of sp³-hybridized carbons (Fsp3) is 0.882. The van der Waals surface area contributed by atoms with Crippen LogP contribution in [0.3, 0.4) is 0 Å². The van der Waals surface area contributed by atoms with Gasteiger partial charge in [0.15, 0.2) is 0 Å². The van der Waals surface area contributed by atoms with Crippen molar-refractivity contribution < 1.29 is 10.2 Å². The molecule has 0 radical (unpaired) electrons. The number of aliphatic hydroxyl groups is 2. The molecule has 0 heterocycles. The van der Waals surface area contributed by atoms with Crippen LogP contribution in [0.15, 0.2) is 11.6 Å². The highest BCUT2D eigenvalue weighted by Crippen LogP contribution is 2.17. The molecule has 0 amide bonds. The summed E-state index contributed by atoms with van der Waals surface area (Å²) in [5.41, 5.74) is 1.47. The zero-order valence-electron chi connectivity index (χ0n) is 13.2. The average Bonchev–Trinajstić information content (AvgIpc) is 2.34. The highest BCUT2D eigenvalue weighted by molar-refractivity contribution is 4.97. The highest BCUT2D eigenvalue weighted by Gasteiger charge is 2.01. The van der Waals surface area contributed by atoms with E-state index in [-0.39, 0.29) is 6.10 Å². The average molecular weight is 270 g/mol. The Labute approximate surface area is 119 Å². The van der Waals surface area contributed by atoms with E-state index >= 15 is 0 Å². The van der Waals surface area contributed by atoms with Crippen molar-refractivity contribution in [3.63, 3.8) is 0 Å². The molecule has 114 valence electrons. The predicted molar refractivity (Wildman–Crippen MR) is 83.2 cm³/mol. The third-order valence-corrected chi connectivity index (χ3v) is 3.70. The second kappa shape index (κ2) is 12.7. The molecular weight excluding hydrogens is 236 g/mol. The van der Waals surface area contributed by atoms with Gasteiger partial charge in [-0.3, -0.25) is 0 Å². The van der Waals surface area contributed by atoms with Gasteiger partial charge < -0.3 is 10.2 Å². The molecule has 0 saturated heterocycles. The second-order valence-electron chi connectivity index (χ2n) is 6.05. The van der Waals surface area contributed by atoms with E-state index in [9.17, 15) is 5.11 Å². The second-order valence-corrected chi connectivity index (χ2v) is 6.05. The van der Waals surface area contributed by atoms with E-state index in [0.717, 1.165) is 38.0 Å². The lowest BCUT2D eigenvalue weighted by atomic mass is 9.97. The molecule has 0 saturated carbocycles. The summed E-state index contributed by atoms with van der Waals surface area (Å²) in [5.74, 6) is 0.792. The topological polar surface area (TPSA) is 40.5 Å². The van der Waals surface area contributed by atoms with Gasteiger partial charge in [-0.2, -0.15) is 0 Å². The summed E-state index contributed by atoms with van der Waals surface area (Å²) in [6, 6.07) is 0. The quantitative estimate of drug-likeness (QED) is 0.406. The SMILES string of the molecule is C/C(=C\CCC(C)CCCCCO)CCCC(C)O. The zero-order valence-corrected chi connectivity index (χ0v) is 13.2. The maximum Gasteiger partial charge on any atom is 0.0512 e. The Bertz CT molecular complexity index is 221. The molecule has 0 spiro atoms. The Morgan fingerprint density at radius 3 is 2.37 bits per heavy atom. The zero-order chi connectivity index (χ0) is 14.5. The Hall–Kier alpha value is -0.340. The van der Waals surface area contributed by atoms with Gasteiger partial charge in [0.25, 0.3) is 0 Å². The van der Waals surface area contributed by atoms with Crippen LogP contribution in [-0.4, -0.2) is 22.9 Å². The molecule has 0 aliphatic heterocycles. The van der Waals surface area contributed by atoms with E-state index in [1.165, 1.54) is 31.3 Å². The van der Waals surface area contributed by atoms with Crippen molar-refractivity contribution in [2.45, 2.75) is 84.7 Å². The highest BCUT2D eigenvalue weighted by atomic mass is 16.3. The number of aliphatic hydroxyl groups excluding tert-OH is 2. The number of rotatable bonds is 12. The van der Waals surface area contributed by atoms with Crippen LogP contribution in [0.4, 0.5) is 0 Å². The van der Waals surface area contributed by atoms with Crippen LogP contribution in [0.1, 0.15) is 78.6 Å². The Balaban J connectivity index is 3.52. The van der Waals surface area contributed by atoms with E-state index in [4.69, 9.17) is 5.11 Å². The lowest BCUT2D eigenvalue weighted by Crippen LogP contribution is -1.98. The van der Waals surface area contributed by atoms with E-state index in [0.29, 0.717) is 6.61 Å². The monoisotopic (exact) mass is 270 g/mol. The fourth-order valence-electron chi connectivity index (χ4n) is 2.32. The maximum atomic E-state index is 9.20. The summed E-state index contributed by atoms with van der Waals surface area (Å²) in [6.45, 7) is 6.73. The predicted octanol–water partition coefficient (Wildman–Crippen LogP) is 4.45. The first-order valence-electron chi connectivity index (χ1n) is 8.00. The third-order valence-electron chi connectivity index (χ3n) is 3.70. The molecule has 0 aliphatic rings. The normalized spacial score (nSPS) is 15.5. The molecular formula is C17H34O2. The van der Waals surface area contributed by atoms with Gasteiger partial charge in [-0.25, -0.2) is 0 Å². The minimum absolute atomic E-state index is 0.160. The van der Waals surface area contributed by atoms with Crippen molar-refractivity contribution in [1.29, 1.82) is 0 Å². The van der Waals surface area contributed by atoms with E-state index in [1.807, 2.05) is 6.92 Å². The van der Waals surface area contributed by atoms with Crippen LogP contribution >= 0.6 is 0 Å². The Kier molecular flexibility index (Phi) is 12.5. The molecule has 2 unspecified atom stereocenters. The van der Waals surface area contributed by atoms with Crippen molar-refractivity contribution in [2.75, 3.05) is 6.61 Å². The molecule has 0 bridgehead atoms. The molecule has 2 atom stereocenters. The molecule has 2 nitrogen and oxygen atoms in total. The van der Waals surface area contributed by atoms with E-state index < -0.39 is 0 Å². The Morgan fingerprint density at radius 1 is 1.00 bits per heavy atom. The van der Waals surface area contributed by atoms with Gasteiger partial charge in [-0.05, 0) is 58.3 Å². The van der Waals surface area contributed by atoms with Crippen molar-refractivity contribution in [2.24, 2.45) is 5.92 Å². The summed E-state index contributed by atoms with van der Waals surface area (Å²) >= 11 is 0. The molecule has 0 aromatic carbocycles. The van der Waals surface area contributed by atoms with Gasteiger partial charge in [0.05, 0.1) is 6.10 Å². The standard InChI is InChI=1S/C17H34O2/c1-15(9-5-4-6-14-18)10-7-11-16(2)12-8-13-17(3)19/h11,15,17-19H,4-10,12-14H2,1-3H3/b16-11+. The molecule has 2 heteroatoms. The van der Waals surface area contributed by atoms with Gasteiger partial charge in [0.2, 0.25) is 0 Å². The van der Waals surface area contributed by atoms with Crippen molar-refractivity contribution in [1.82, 2.24) is 0 Å². The van der Waals surface area contributed by atoms with E-state index in [2.05, 4.69) is 19.9 Å². The minimum atomic E-state index is -0.160. The molecule has 0 aliphatic carbocycles. The van der Waals surface area contributed by atoms with Crippen LogP contribution in [0.5, 0.6) is 0 Å². The molecule has 0 aromatic rings. The van der Waals surface area contributed by atoms with Crippen molar-refractivity contribution in [3.05, 3.63) is 11.6 Å². The molecule has 0 rings (SSSR count). The fourth-order valence-corrected chi connectivity index (χ4v) is 2.32. The maximum absolute atomic E-state index is 9.20. The van der Waals surface area contributed by atoms with Crippen LogP contribution in [0, 0.1) is 5.92 Å². The summed E-state index contributed by atoms with van der Waals surface area (Å²) in [5, 5.41) is 17.9. The summed E-state index contributed by atoms with van der Waals surface area (Å²) in [4.78, 5) is 0. The number of allylic oxidation sites excluding steroid dienone is 2. The summed E-state index contributed by atoms with van der Waals surface area (Å²) in [7, 11) is 0. The van der Waals surface area contributed by atoms with Crippen LogP contribution in [0.25, 0.3) is 0 Å². The third kappa shape index (κ3) is 13.9. The first-order valence-corrected chi connectivity index (χ1v) is 8.00. The number of unbranched alkanes of at least 4 members (excludes halogenated alkanes) is 2. The molecule has 0 aromatic heterocycles. The van der Waals surface area contributed by atoms with Crippen LogP contribution in [-0.2, 0) is 0 Å². The van der Waals surface area contributed by atoms with Gasteiger partial charge in [0, 0.05) is 6.61 Å². The number of hydrogen-bond donors (Lipinski definition) is 2. The first kappa shape index (κ1) is 18.7. The van der Waals surface area contributed by atoms with Gasteiger partial charge >= 0.3 is 0 Å². The smallest absolute Gasteiger partial charge is 0.0512 e.